The Bertz CT molecular complexity index is 1360. The smallest absolute Gasteiger partial charge is 0.160 e. The van der Waals surface area contributed by atoms with Crippen molar-refractivity contribution in [3.8, 4) is 17.2 Å². The summed E-state index contributed by atoms with van der Waals surface area (Å²) in [6, 6.07) is 15.4. The molecule has 0 saturated heterocycles. The zero-order valence-corrected chi connectivity index (χ0v) is 25.0. The zero-order chi connectivity index (χ0) is 29.8. The Morgan fingerprint density at radius 3 is 2.18 bits per heavy atom. The Kier molecular flexibility index (Phi) is 13.4. The van der Waals surface area contributed by atoms with Crippen LogP contribution in [0.25, 0.3) is 10.8 Å². The van der Waals surface area contributed by atoms with Crippen molar-refractivity contribution in [2.45, 2.75) is 25.9 Å². The molecule has 0 amide bonds. The topological polar surface area (TPSA) is 90.8 Å². The summed E-state index contributed by atoms with van der Waals surface area (Å²) < 4.78 is 21.0. The van der Waals surface area contributed by atoms with Gasteiger partial charge in [0.15, 0.2) is 10.9 Å². The number of aliphatic hydroxyl groups is 1. The molecule has 0 fully saturated rings. The fourth-order valence-electron chi connectivity index (χ4n) is 3.56. The maximum absolute atomic E-state index is 14.7. The molecule has 0 saturated carbocycles. The van der Waals surface area contributed by atoms with Crippen molar-refractivity contribution in [1.82, 2.24) is 5.32 Å². The lowest BCUT2D eigenvalue weighted by Gasteiger charge is -2.21. The first-order valence-electron chi connectivity index (χ1n) is 12.1. The summed E-state index contributed by atoms with van der Waals surface area (Å²) in [6.07, 6.45) is 3.20. The molecule has 4 N–H and O–H groups in total. The van der Waals surface area contributed by atoms with Gasteiger partial charge in [0.05, 0.1) is 11.4 Å². The molecule has 0 bridgehead atoms. The van der Waals surface area contributed by atoms with E-state index in [0.717, 1.165) is 0 Å². The largest absolute Gasteiger partial charge is 0.507 e. The number of carbonyl (C=O) groups excluding carboxylic acids is 1. The van der Waals surface area contributed by atoms with Crippen LogP contribution in [0.1, 0.15) is 26.3 Å². The first-order valence-corrected chi connectivity index (χ1v) is 13.2. The summed E-state index contributed by atoms with van der Waals surface area (Å²) in [5.41, 5.74) is 1.99. The third-order valence-corrected chi connectivity index (χ3v) is 6.05. The molecular weight excluding hydrogens is 533 g/mol. The molecule has 6 nitrogen and oxygen atoms in total. The highest BCUT2D eigenvalue weighted by Crippen LogP contribution is 2.44. The highest BCUT2D eigenvalue weighted by Gasteiger charge is 2.22. The Morgan fingerprint density at radius 2 is 1.64 bits per heavy atom. The van der Waals surface area contributed by atoms with Gasteiger partial charge in [-0.1, -0.05) is 88.0 Å². The number of rotatable bonds is 9. The van der Waals surface area contributed by atoms with Crippen molar-refractivity contribution >= 4 is 41.7 Å². The predicted molar refractivity (Wildman–Crippen MR) is 168 cm³/mol. The number of aromatic hydroxyl groups is 1. The van der Waals surface area contributed by atoms with Crippen LogP contribution in [0.5, 0.6) is 17.2 Å². The number of allylic oxidation sites excluding steroid dienone is 2. The molecular formula is C30H37FN2O4P2. The summed E-state index contributed by atoms with van der Waals surface area (Å²) in [6.45, 7) is 15.6. The number of phenols is 1. The van der Waals surface area contributed by atoms with Crippen molar-refractivity contribution in [2.24, 2.45) is 0 Å². The first kappa shape index (κ1) is 33.4. The molecule has 208 valence electrons. The van der Waals surface area contributed by atoms with Crippen molar-refractivity contribution < 1.29 is 24.1 Å². The average molecular weight is 571 g/mol. The van der Waals surface area contributed by atoms with Crippen LogP contribution in [0.15, 0.2) is 103 Å². The number of likely N-dealkylation sites (N-methyl/N-ethyl adjacent to an activating group) is 1. The molecule has 0 radical (unpaired) electrons. The van der Waals surface area contributed by atoms with Gasteiger partial charge in [-0.15, -0.1) is 0 Å². The van der Waals surface area contributed by atoms with Crippen LogP contribution in [-0.2, 0) is 9.95 Å². The van der Waals surface area contributed by atoms with Gasteiger partial charge in [0, 0.05) is 29.1 Å². The quantitative estimate of drug-likeness (QED) is 0.118. The van der Waals surface area contributed by atoms with Gasteiger partial charge in [-0.25, -0.2) is 4.39 Å². The number of phenolic OH excluding ortho intramolecular Hbond substituents is 1. The average Bonchev–Trinajstić information content (AvgIpc) is 2.94. The van der Waals surface area contributed by atoms with E-state index in [9.17, 15) is 14.6 Å². The van der Waals surface area contributed by atoms with E-state index in [4.69, 9.17) is 9.53 Å². The maximum Gasteiger partial charge on any atom is 0.160 e. The molecule has 0 aliphatic rings. The van der Waals surface area contributed by atoms with E-state index in [1.54, 1.807) is 56.4 Å². The van der Waals surface area contributed by atoms with Crippen LogP contribution in [0, 0.1) is 0 Å². The Labute approximate surface area is 234 Å². The van der Waals surface area contributed by atoms with Gasteiger partial charge >= 0.3 is 0 Å². The fraction of sp³-hybridized carbons (Fsp3) is 0.167. The number of fused-ring (bicyclic) bond motifs is 1. The summed E-state index contributed by atoms with van der Waals surface area (Å²) in [7, 11) is 5.97. The molecule has 9 heteroatoms. The molecule has 0 aromatic heterocycles. The lowest BCUT2D eigenvalue weighted by molar-refractivity contribution is -0.0980. The third-order valence-electron chi connectivity index (χ3n) is 5.39. The summed E-state index contributed by atoms with van der Waals surface area (Å²) in [5, 5.41) is 26.6. The van der Waals surface area contributed by atoms with Crippen molar-refractivity contribution in [3.63, 3.8) is 0 Å². The van der Waals surface area contributed by atoms with Crippen LogP contribution < -0.4 is 15.4 Å². The molecule has 0 heterocycles. The van der Waals surface area contributed by atoms with Crippen molar-refractivity contribution in [2.75, 3.05) is 12.4 Å². The number of ether oxygens (including phenoxy) is 1. The van der Waals surface area contributed by atoms with Crippen LogP contribution in [0.4, 0.5) is 10.1 Å². The summed E-state index contributed by atoms with van der Waals surface area (Å²) >= 11 is 0. The van der Waals surface area contributed by atoms with Crippen LogP contribution in [0.2, 0.25) is 0 Å². The van der Waals surface area contributed by atoms with Gasteiger partial charge in [0.1, 0.15) is 24.0 Å². The lowest BCUT2D eigenvalue weighted by atomic mass is 10.1. The number of nitrogens with one attached hydrogen (secondary N) is 2. The third kappa shape index (κ3) is 8.41. The van der Waals surface area contributed by atoms with Crippen molar-refractivity contribution in [1.29, 1.82) is 0 Å². The van der Waals surface area contributed by atoms with Gasteiger partial charge in [0.2, 0.25) is 0 Å². The van der Waals surface area contributed by atoms with Gasteiger partial charge in [-0.05, 0) is 36.8 Å². The first-order chi connectivity index (χ1) is 18.6. The molecule has 2 atom stereocenters. The van der Waals surface area contributed by atoms with Gasteiger partial charge < -0.3 is 30.4 Å². The fourth-order valence-corrected chi connectivity index (χ4v) is 3.91. The van der Waals surface area contributed by atoms with E-state index >= 15 is 0 Å². The lowest BCUT2D eigenvalue weighted by Crippen LogP contribution is -2.12. The molecule has 3 aromatic rings. The van der Waals surface area contributed by atoms with Crippen LogP contribution in [-0.4, -0.2) is 24.0 Å². The van der Waals surface area contributed by atoms with E-state index in [2.05, 4.69) is 42.3 Å². The molecule has 0 spiro atoms. The second kappa shape index (κ2) is 15.7. The number of carbonyl (C=O) groups is 1. The van der Waals surface area contributed by atoms with E-state index < -0.39 is 5.15 Å². The highest BCUT2D eigenvalue weighted by molar-refractivity contribution is 7.38. The van der Waals surface area contributed by atoms with E-state index in [-0.39, 0.29) is 11.5 Å². The Hall–Kier alpha value is -3.66. The van der Waals surface area contributed by atoms with Gasteiger partial charge in [-0.3, -0.25) is 0 Å². The number of benzene rings is 3. The van der Waals surface area contributed by atoms with Crippen LogP contribution in [0.3, 0.4) is 0 Å². The van der Waals surface area contributed by atoms with E-state index in [0.29, 0.717) is 50.5 Å². The van der Waals surface area contributed by atoms with E-state index in [1.807, 2.05) is 38.8 Å². The molecule has 2 unspecified atom stereocenters. The summed E-state index contributed by atoms with van der Waals surface area (Å²) in [5.74, 6) is 1.01. The SMILES string of the molecule is C=C/C(C(=C)Nc1cc(C(F)(P)P)ccc1Oc1ccc(O)c2ccccc12)=C(O)\C(=C/C)NC.C=O.CC. The molecule has 0 aliphatic carbocycles. The minimum Gasteiger partial charge on any atom is -0.507 e. The minimum atomic E-state index is -1.76. The number of alkyl halides is 1. The highest BCUT2D eigenvalue weighted by atomic mass is 31.1. The number of halogens is 1. The maximum atomic E-state index is 14.7. The minimum absolute atomic E-state index is 0.0393. The Morgan fingerprint density at radius 1 is 1.05 bits per heavy atom. The van der Waals surface area contributed by atoms with E-state index in [1.165, 1.54) is 6.08 Å². The predicted octanol–water partition coefficient (Wildman–Crippen LogP) is 8.06. The molecule has 3 aromatic carbocycles. The standard InChI is InChI=1S/C27H29FN2O3P2.C2H6.CH2O/c1-5-18(26(32)21(6-2)29-4)16(3)30-22-15-17(27(28,34)35)11-13-25(22)33-24-14-12-23(31)19-9-7-8-10-20(19)24;2*1-2/h5-15,29-32H,1,3,34-35H2,2,4H3;1-2H3;1H2/b21-6+,26-18-;;. The number of hydrogen-bond donors (Lipinski definition) is 4. The monoisotopic (exact) mass is 570 g/mol. The number of hydrogen-bond acceptors (Lipinski definition) is 6. The summed E-state index contributed by atoms with van der Waals surface area (Å²) in [4.78, 5) is 8.00. The second-order valence-corrected chi connectivity index (χ2v) is 10.1. The molecule has 39 heavy (non-hydrogen) atoms. The molecule has 3 rings (SSSR count). The number of aliphatic hydroxyl groups excluding tert-OH is 1. The van der Waals surface area contributed by atoms with Gasteiger partial charge in [-0.2, -0.15) is 0 Å². The normalized spacial score (nSPS) is 11.6. The zero-order valence-electron chi connectivity index (χ0n) is 22.7. The van der Waals surface area contributed by atoms with Gasteiger partial charge in [0.25, 0.3) is 0 Å². The Balaban J connectivity index is 0.00000181. The van der Waals surface area contributed by atoms with Crippen molar-refractivity contribution in [3.05, 3.63) is 108 Å². The second-order valence-electron chi connectivity index (χ2n) is 7.73. The number of anilines is 1. The molecule has 0 aliphatic heterocycles. The van der Waals surface area contributed by atoms with Crippen LogP contribution >= 0.6 is 18.5 Å².